The fraction of sp³-hybridized carbons (Fsp3) is 0.235. The lowest BCUT2D eigenvalue weighted by molar-refractivity contribution is -0.140. The molecule has 12 heteroatoms. The van der Waals surface area contributed by atoms with E-state index in [1.807, 2.05) is 30.3 Å². The molecular weight excluding hydrogens is 649 g/mol. The quantitative estimate of drug-likeness (QED) is 0.175. The van der Waals surface area contributed by atoms with Crippen molar-refractivity contribution in [1.29, 1.82) is 0 Å². The van der Waals surface area contributed by atoms with Crippen LogP contribution >= 0.6 is 23.2 Å². The normalized spacial score (nSPS) is 11.8. The first-order valence-electron chi connectivity index (χ1n) is 14.4. The molecule has 4 rings (SSSR count). The van der Waals surface area contributed by atoms with Crippen molar-refractivity contribution in [2.24, 2.45) is 0 Å². The molecule has 1 atom stereocenters. The van der Waals surface area contributed by atoms with E-state index >= 15 is 0 Å². The molecule has 0 fully saturated rings. The van der Waals surface area contributed by atoms with E-state index in [4.69, 9.17) is 32.7 Å². The summed E-state index contributed by atoms with van der Waals surface area (Å²) >= 11 is 12.5. The third-order valence-electron chi connectivity index (χ3n) is 7.22. The molecule has 0 radical (unpaired) electrons. The van der Waals surface area contributed by atoms with Crippen LogP contribution in [0.3, 0.4) is 0 Å². The van der Waals surface area contributed by atoms with Gasteiger partial charge in [0.05, 0.1) is 34.8 Å². The molecule has 0 aliphatic rings. The van der Waals surface area contributed by atoms with Crippen molar-refractivity contribution in [1.82, 2.24) is 10.2 Å². The Morgan fingerprint density at radius 3 is 2.11 bits per heavy atom. The van der Waals surface area contributed by atoms with Crippen molar-refractivity contribution in [3.8, 4) is 11.5 Å². The van der Waals surface area contributed by atoms with E-state index in [0.29, 0.717) is 22.9 Å². The number of benzene rings is 4. The number of rotatable bonds is 14. The smallest absolute Gasteiger partial charge is 0.264 e. The largest absolute Gasteiger partial charge is 0.497 e. The summed E-state index contributed by atoms with van der Waals surface area (Å²) in [6, 6.07) is 25.6. The molecule has 0 aromatic heterocycles. The highest BCUT2D eigenvalue weighted by atomic mass is 35.5. The van der Waals surface area contributed by atoms with Gasteiger partial charge in [-0.1, -0.05) is 77.8 Å². The Hall–Kier alpha value is -4.25. The number of carbonyl (C=O) groups excluding carboxylic acids is 2. The van der Waals surface area contributed by atoms with Gasteiger partial charge < -0.3 is 19.7 Å². The van der Waals surface area contributed by atoms with Crippen LogP contribution in [0.15, 0.2) is 102 Å². The third kappa shape index (κ3) is 8.31. The molecule has 9 nitrogen and oxygen atoms in total. The number of nitrogens with zero attached hydrogens (tertiary/aromatic N) is 2. The van der Waals surface area contributed by atoms with Crippen molar-refractivity contribution in [2.45, 2.75) is 30.8 Å². The van der Waals surface area contributed by atoms with Gasteiger partial charge in [-0.05, 0) is 54.4 Å². The van der Waals surface area contributed by atoms with Gasteiger partial charge in [0.15, 0.2) is 0 Å². The summed E-state index contributed by atoms with van der Waals surface area (Å²) in [5.74, 6) is -0.471. The second-order valence-corrected chi connectivity index (χ2v) is 12.9. The second kappa shape index (κ2) is 15.8. The van der Waals surface area contributed by atoms with Crippen LogP contribution in [0.2, 0.25) is 10.0 Å². The molecule has 4 aromatic carbocycles. The maximum atomic E-state index is 14.6. The number of hydrogen-bond acceptors (Lipinski definition) is 6. The summed E-state index contributed by atoms with van der Waals surface area (Å²) in [6.45, 7) is 1.39. The Balaban J connectivity index is 1.86. The van der Waals surface area contributed by atoms with Crippen LogP contribution in [0.25, 0.3) is 0 Å². The number of amides is 2. The zero-order valence-corrected chi connectivity index (χ0v) is 28.0. The zero-order chi connectivity index (χ0) is 33.3. The minimum Gasteiger partial charge on any atom is -0.497 e. The van der Waals surface area contributed by atoms with Gasteiger partial charge in [0.25, 0.3) is 10.0 Å². The van der Waals surface area contributed by atoms with E-state index < -0.39 is 34.4 Å². The molecule has 46 heavy (non-hydrogen) atoms. The first kappa shape index (κ1) is 34.6. The number of anilines is 1. The fourth-order valence-corrected chi connectivity index (χ4v) is 6.66. The van der Waals surface area contributed by atoms with E-state index in [0.717, 1.165) is 9.87 Å². The molecule has 0 heterocycles. The second-order valence-electron chi connectivity index (χ2n) is 10.2. The van der Waals surface area contributed by atoms with E-state index in [-0.39, 0.29) is 34.3 Å². The summed E-state index contributed by atoms with van der Waals surface area (Å²) in [5, 5.41) is 3.44. The van der Waals surface area contributed by atoms with Crippen LogP contribution < -0.4 is 19.1 Å². The average Bonchev–Trinajstić information content (AvgIpc) is 3.07. The summed E-state index contributed by atoms with van der Waals surface area (Å²) in [4.78, 5) is 29.5. The van der Waals surface area contributed by atoms with Crippen LogP contribution in [0.1, 0.15) is 18.1 Å². The molecule has 1 N–H and O–H groups in total. The van der Waals surface area contributed by atoms with Crippen molar-refractivity contribution in [3.05, 3.63) is 118 Å². The topological polar surface area (TPSA) is 105 Å². The van der Waals surface area contributed by atoms with Crippen LogP contribution in [-0.2, 0) is 32.6 Å². The van der Waals surface area contributed by atoms with Gasteiger partial charge >= 0.3 is 0 Å². The standard InChI is InChI=1S/C34H35Cl2N3O6S/c1-4-37-34(41)31(20-24-11-7-5-8-12-24)38(22-25-15-17-28(35)29(36)19-25)33(40)23-39(46(42,43)27-13-9-6-10-14-27)30-21-26(44-2)16-18-32(30)45-3/h5-19,21,31H,4,20,22-23H2,1-3H3,(H,37,41)/t31-/m0/s1. The Labute approximate surface area is 279 Å². The molecule has 4 aromatic rings. The predicted molar refractivity (Wildman–Crippen MR) is 180 cm³/mol. The predicted octanol–water partition coefficient (Wildman–Crippen LogP) is 5.98. The van der Waals surface area contributed by atoms with E-state index in [1.54, 1.807) is 55.5 Å². The molecule has 242 valence electrons. The molecule has 0 aliphatic heterocycles. The Kier molecular flexibility index (Phi) is 11.9. The number of methoxy groups -OCH3 is 2. The highest BCUT2D eigenvalue weighted by Gasteiger charge is 2.35. The maximum absolute atomic E-state index is 14.6. The van der Waals surface area contributed by atoms with Crippen molar-refractivity contribution >= 4 is 50.7 Å². The number of ether oxygens (including phenoxy) is 2. The molecular formula is C34H35Cl2N3O6S. The van der Waals surface area contributed by atoms with Crippen LogP contribution in [0, 0.1) is 0 Å². The minimum atomic E-state index is -4.33. The third-order valence-corrected chi connectivity index (χ3v) is 9.74. The van der Waals surface area contributed by atoms with E-state index in [1.165, 1.54) is 37.3 Å². The number of carbonyl (C=O) groups is 2. The summed E-state index contributed by atoms with van der Waals surface area (Å²) in [7, 11) is -1.47. The number of likely N-dealkylation sites (N-methyl/N-ethyl adjacent to an activating group) is 1. The molecule has 0 unspecified atom stereocenters. The Morgan fingerprint density at radius 1 is 0.826 bits per heavy atom. The number of halogens is 2. The SMILES string of the molecule is CCNC(=O)[C@H](Cc1ccccc1)N(Cc1ccc(Cl)c(Cl)c1)C(=O)CN(c1cc(OC)ccc1OC)S(=O)(=O)c1ccccc1. The van der Waals surface area contributed by atoms with Gasteiger partial charge in [0.2, 0.25) is 11.8 Å². The van der Waals surface area contributed by atoms with Gasteiger partial charge in [0.1, 0.15) is 24.1 Å². The maximum Gasteiger partial charge on any atom is 0.264 e. The van der Waals surface area contributed by atoms with E-state index in [9.17, 15) is 18.0 Å². The van der Waals surface area contributed by atoms with Gasteiger partial charge in [-0.2, -0.15) is 0 Å². The lowest BCUT2D eigenvalue weighted by Crippen LogP contribution is -2.53. The molecule has 0 spiro atoms. The average molecular weight is 685 g/mol. The van der Waals surface area contributed by atoms with Crippen molar-refractivity contribution in [3.63, 3.8) is 0 Å². The zero-order valence-electron chi connectivity index (χ0n) is 25.7. The van der Waals surface area contributed by atoms with Crippen molar-refractivity contribution < 1.29 is 27.5 Å². The highest BCUT2D eigenvalue weighted by molar-refractivity contribution is 7.92. The molecule has 0 saturated heterocycles. The van der Waals surface area contributed by atoms with Crippen molar-refractivity contribution in [2.75, 3.05) is 31.6 Å². The lowest BCUT2D eigenvalue weighted by atomic mass is 10.0. The minimum absolute atomic E-state index is 0.0340. The number of hydrogen-bond donors (Lipinski definition) is 1. The monoisotopic (exact) mass is 683 g/mol. The van der Waals surface area contributed by atoms with Crippen LogP contribution in [0.4, 0.5) is 5.69 Å². The first-order valence-corrected chi connectivity index (χ1v) is 16.6. The fourth-order valence-electron chi connectivity index (χ4n) is 4.91. The summed E-state index contributed by atoms with van der Waals surface area (Å²) in [6.07, 6.45) is 0.174. The molecule has 2 amide bonds. The summed E-state index contributed by atoms with van der Waals surface area (Å²) < 4.78 is 40.4. The number of sulfonamides is 1. The van der Waals surface area contributed by atoms with Gasteiger partial charge in [-0.3, -0.25) is 13.9 Å². The molecule has 0 saturated carbocycles. The first-order chi connectivity index (χ1) is 22.1. The summed E-state index contributed by atoms with van der Waals surface area (Å²) in [5.41, 5.74) is 1.50. The van der Waals surface area contributed by atoms with Gasteiger partial charge in [-0.15, -0.1) is 0 Å². The number of nitrogens with one attached hydrogen (secondary N) is 1. The van der Waals surface area contributed by atoms with E-state index in [2.05, 4.69) is 5.32 Å². The Bertz CT molecular complexity index is 1760. The van der Waals surface area contributed by atoms with Crippen LogP contribution in [0.5, 0.6) is 11.5 Å². The van der Waals surface area contributed by atoms with Gasteiger partial charge in [-0.25, -0.2) is 8.42 Å². The Morgan fingerprint density at radius 2 is 1.50 bits per heavy atom. The molecule has 0 bridgehead atoms. The highest BCUT2D eigenvalue weighted by Crippen LogP contribution is 2.36. The lowest BCUT2D eigenvalue weighted by Gasteiger charge is -2.34. The molecule has 0 aliphatic carbocycles. The van der Waals surface area contributed by atoms with Crippen LogP contribution in [-0.4, -0.2) is 58.5 Å². The van der Waals surface area contributed by atoms with Gasteiger partial charge in [0, 0.05) is 25.6 Å².